The lowest BCUT2D eigenvalue weighted by atomic mass is 9.97. The van der Waals surface area contributed by atoms with Crippen LogP contribution < -0.4 is 14.7 Å². The molecule has 0 saturated heterocycles. The molecule has 29 heavy (non-hydrogen) atoms. The number of aryl methyl sites for hydroxylation is 4. The molecule has 0 spiro atoms. The van der Waals surface area contributed by atoms with Gasteiger partial charge in [0.1, 0.15) is 5.69 Å². The van der Waals surface area contributed by atoms with Crippen molar-refractivity contribution in [1.82, 2.24) is 14.6 Å². The van der Waals surface area contributed by atoms with Crippen LogP contribution in [0.4, 0.5) is 0 Å². The molecule has 0 unspecified atom stereocenters. The van der Waals surface area contributed by atoms with Crippen molar-refractivity contribution >= 4 is 12.2 Å². The SMILES string of the molecule is C=c1c(-c2c(C)cc(C)cc2C)nn2c(C)c(-c3ccc(OC)c(OC)c3)nc12. The van der Waals surface area contributed by atoms with Crippen molar-refractivity contribution in [3.8, 4) is 34.0 Å². The lowest BCUT2D eigenvalue weighted by Crippen LogP contribution is -2.03. The fourth-order valence-corrected chi connectivity index (χ4v) is 4.09. The molecule has 0 N–H and O–H groups in total. The predicted octanol–water partition coefficient (Wildman–Crippen LogP) is 4.44. The van der Waals surface area contributed by atoms with Gasteiger partial charge in [0.05, 0.1) is 25.6 Å². The fraction of sp³-hybridized carbons (Fsp3) is 0.250. The molecule has 148 valence electrons. The fourth-order valence-electron chi connectivity index (χ4n) is 4.09. The van der Waals surface area contributed by atoms with Crippen LogP contribution in [0.5, 0.6) is 11.5 Å². The summed E-state index contributed by atoms with van der Waals surface area (Å²) in [6.07, 6.45) is 0. The monoisotopic (exact) mass is 387 g/mol. The highest BCUT2D eigenvalue weighted by molar-refractivity contribution is 5.75. The number of aromatic nitrogens is 3. The van der Waals surface area contributed by atoms with Gasteiger partial charge in [-0.3, -0.25) is 0 Å². The van der Waals surface area contributed by atoms with Crippen LogP contribution in [0.15, 0.2) is 30.3 Å². The largest absolute Gasteiger partial charge is 0.493 e. The predicted molar refractivity (Wildman–Crippen MR) is 117 cm³/mol. The number of imidazole rings is 1. The van der Waals surface area contributed by atoms with Crippen LogP contribution in [0.3, 0.4) is 0 Å². The summed E-state index contributed by atoms with van der Waals surface area (Å²) in [5.74, 6) is 1.36. The van der Waals surface area contributed by atoms with Crippen LogP contribution in [0.25, 0.3) is 34.7 Å². The molecule has 0 saturated carbocycles. The Morgan fingerprint density at radius 2 is 1.52 bits per heavy atom. The third-order valence-corrected chi connectivity index (χ3v) is 5.41. The van der Waals surface area contributed by atoms with Crippen molar-refractivity contribution in [1.29, 1.82) is 0 Å². The summed E-state index contributed by atoms with van der Waals surface area (Å²) >= 11 is 0. The zero-order valence-corrected chi connectivity index (χ0v) is 17.8. The second-order valence-corrected chi connectivity index (χ2v) is 7.45. The number of rotatable bonds is 4. The van der Waals surface area contributed by atoms with Crippen LogP contribution in [0, 0.1) is 27.7 Å². The van der Waals surface area contributed by atoms with Gasteiger partial charge < -0.3 is 9.47 Å². The molecule has 5 nitrogen and oxygen atoms in total. The highest BCUT2D eigenvalue weighted by Crippen LogP contribution is 2.34. The molecule has 0 aliphatic carbocycles. The first-order chi connectivity index (χ1) is 13.8. The van der Waals surface area contributed by atoms with E-state index in [9.17, 15) is 0 Å². The molecule has 2 heterocycles. The third kappa shape index (κ3) is 2.94. The summed E-state index contributed by atoms with van der Waals surface area (Å²) in [4.78, 5) is 4.88. The average Bonchev–Trinajstić information content (AvgIpc) is 3.18. The zero-order chi connectivity index (χ0) is 20.9. The van der Waals surface area contributed by atoms with Crippen LogP contribution >= 0.6 is 0 Å². The highest BCUT2D eigenvalue weighted by Gasteiger charge is 2.19. The highest BCUT2D eigenvalue weighted by atomic mass is 16.5. The third-order valence-electron chi connectivity index (χ3n) is 5.41. The summed E-state index contributed by atoms with van der Waals surface area (Å²) in [5.41, 5.74) is 9.24. The van der Waals surface area contributed by atoms with Crippen LogP contribution in [-0.4, -0.2) is 28.8 Å². The molecular formula is C24H25N3O2. The number of nitrogens with zero attached hydrogens (tertiary/aromatic N) is 3. The van der Waals surface area contributed by atoms with Gasteiger partial charge in [0, 0.05) is 16.3 Å². The van der Waals surface area contributed by atoms with E-state index in [1.54, 1.807) is 14.2 Å². The van der Waals surface area contributed by atoms with Crippen LogP contribution in [0.1, 0.15) is 22.4 Å². The maximum Gasteiger partial charge on any atom is 0.163 e. The lowest BCUT2D eigenvalue weighted by molar-refractivity contribution is 0.355. The van der Waals surface area contributed by atoms with E-state index in [-0.39, 0.29) is 0 Å². The molecule has 0 amide bonds. The molecule has 5 heteroatoms. The molecule has 0 fully saturated rings. The molecule has 2 aromatic carbocycles. The van der Waals surface area contributed by atoms with Crippen molar-refractivity contribution in [2.75, 3.05) is 14.2 Å². The van der Waals surface area contributed by atoms with E-state index >= 15 is 0 Å². The van der Waals surface area contributed by atoms with Gasteiger partial charge in [0.25, 0.3) is 0 Å². The van der Waals surface area contributed by atoms with E-state index in [0.717, 1.165) is 39.1 Å². The lowest BCUT2D eigenvalue weighted by Gasteiger charge is -2.09. The number of benzene rings is 2. The van der Waals surface area contributed by atoms with Crippen molar-refractivity contribution in [2.24, 2.45) is 0 Å². The standard InChI is InChI=1S/C24H25N3O2/c1-13-10-14(2)21(15(3)11-13)22-16(4)24-25-23(17(5)27(24)26-22)18-8-9-19(28-6)20(12-18)29-7/h8-12H,4H2,1-3,5-7H3. The maximum absolute atomic E-state index is 5.44. The number of hydrogen-bond donors (Lipinski definition) is 0. The summed E-state index contributed by atoms with van der Waals surface area (Å²) in [5, 5.41) is 5.73. The van der Waals surface area contributed by atoms with E-state index in [0.29, 0.717) is 11.5 Å². The molecule has 0 radical (unpaired) electrons. The Labute approximate surface area is 170 Å². The topological polar surface area (TPSA) is 48.7 Å². The molecule has 0 bridgehead atoms. The Morgan fingerprint density at radius 3 is 2.10 bits per heavy atom. The molecule has 0 aliphatic rings. The van der Waals surface area contributed by atoms with Crippen molar-refractivity contribution in [3.63, 3.8) is 0 Å². The van der Waals surface area contributed by atoms with E-state index in [1.807, 2.05) is 29.6 Å². The Bertz CT molecular complexity index is 1260. The average molecular weight is 387 g/mol. The van der Waals surface area contributed by atoms with Crippen LogP contribution in [-0.2, 0) is 0 Å². The Hall–Kier alpha value is -3.34. The van der Waals surface area contributed by atoms with Gasteiger partial charge in [-0.1, -0.05) is 24.3 Å². The van der Waals surface area contributed by atoms with E-state index in [4.69, 9.17) is 19.6 Å². The first-order valence-electron chi connectivity index (χ1n) is 9.54. The van der Waals surface area contributed by atoms with Crippen molar-refractivity contribution < 1.29 is 9.47 Å². The molecule has 4 aromatic rings. The first kappa shape index (κ1) is 19.0. The second-order valence-electron chi connectivity index (χ2n) is 7.45. The second kappa shape index (κ2) is 6.92. The molecular weight excluding hydrogens is 362 g/mol. The van der Waals surface area contributed by atoms with Crippen LogP contribution in [0.2, 0.25) is 0 Å². The Morgan fingerprint density at radius 1 is 0.862 bits per heavy atom. The van der Waals surface area contributed by atoms with Gasteiger partial charge in [-0.25, -0.2) is 9.50 Å². The van der Waals surface area contributed by atoms with Gasteiger partial charge in [0.15, 0.2) is 17.1 Å². The summed E-state index contributed by atoms with van der Waals surface area (Å²) < 4.78 is 12.7. The van der Waals surface area contributed by atoms with Crippen molar-refractivity contribution in [3.05, 3.63) is 57.9 Å². The molecule has 0 aliphatic heterocycles. The number of fused-ring (bicyclic) bond motifs is 1. The number of methoxy groups -OCH3 is 2. The van der Waals surface area contributed by atoms with E-state index < -0.39 is 0 Å². The minimum atomic E-state index is 0.673. The molecule has 0 atom stereocenters. The molecule has 2 aromatic heterocycles. The maximum atomic E-state index is 5.44. The smallest absolute Gasteiger partial charge is 0.163 e. The van der Waals surface area contributed by atoms with Gasteiger partial charge in [-0.05, 0) is 57.0 Å². The van der Waals surface area contributed by atoms with Gasteiger partial charge in [0.2, 0.25) is 0 Å². The number of hydrogen-bond acceptors (Lipinski definition) is 4. The van der Waals surface area contributed by atoms with Gasteiger partial charge in [-0.2, -0.15) is 5.10 Å². The summed E-state index contributed by atoms with van der Waals surface area (Å²) in [6, 6.07) is 10.2. The minimum absolute atomic E-state index is 0.673. The Balaban J connectivity index is 1.89. The number of ether oxygens (including phenoxy) is 2. The van der Waals surface area contributed by atoms with E-state index in [2.05, 4.69) is 39.5 Å². The normalized spacial score (nSPS) is 11.2. The summed E-state index contributed by atoms with van der Waals surface area (Å²) in [6.45, 7) is 12.7. The zero-order valence-electron chi connectivity index (χ0n) is 17.8. The minimum Gasteiger partial charge on any atom is -0.493 e. The summed E-state index contributed by atoms with van der Waals surface area (Å²) in [7, 11) is 3.26. The molecule has 4 rings (SSSR count). The quantitative estimate of drug-likeness (QED) is 0.519. The van der Waals surface area contributed by atoms with Gasteiger partial charge in [-0.15, -0.1) is 0 Å². The first-order valence-corrected chi connectivity index (χ1v) is 9.54. The Kier molecular flexibility index (Phi) is 4.53. The van der Waals surface area contributed by atoms with Gasteiger partial charge >= 0.3 is 0 Å². The van der Waals surface area contributed by atoms with E-state index in [1.165, 1.54) is 16.7 Å². The van der Waals surface area contributed by atoms with Crippen molar-refractivity contribution in [2.45, 2.75) is 27.7 Å².